The predicted molar refractivity (Wildman–Crippen MR) is 50.8 cm³/mol. The summed E-state index contributed by atoms with van der Waals surface area (Å²) in [7, 11) is 0. The highest BCUT2D eigenvalue weighted by Crippen LogP contribution is 2.57. The Bertz CT molecular complexity index is 415. The van der Waals surface area contributed by atoms with Crippen molar-refractivity contribution in [2.24, 2.45) is 11.1 Å². The predicted octanol–water partition coefficient (Wildman–Crippen LogP) is 2.55. The normalized spacial score (nSPS) is 27.9. The van der Waals surface area contributed by atoms with Crippen LogP contribution in [0.4, 0.5) is 13.2 Å². The molecule has 0 spiro atoms. The summed E-state index contributed by atoms with van der Waals surface area (Å²) < 4.78 is 39.1. The second-order valence-electron chi connectivity index (χ2n) is 4.59. The Morgan fingerprint density at radius 1 is 1.13 bits per heavy atom. The van der Waals surface area contributed by atoms with E-state index in [0.29, 0.717) is 0 Å². The van der Waals surface area contributed by atoms with E-state index < -0.39 is 17.5 Å². The molecule has 0 aliphatic heterocycles. The second kappa shape index (κ2) is 2.98. The second-order valence-corrected chi connectivity index (χ2v) is 4.59. The van der Waals surface area contributed by atoms with Gasteiger partial charge in [0.25, 0.3) is 0 Å². The van der Waals surface area contributed by atoms with E-state index in [0.717, 1.165) is 6.07 Å². The van der Waals surface area contributed by atoms with Crippen molar-refractivity contribution in [2.75, 3.05) is 0 Å². The van der Waals surface area contributed by atoms with Crippen molar-refractivity contribution in [1.29, 1.82) is 0 Å². The van der Waals surface area contributed by atoms with Crippen LogP contribution in [0, 0.1) is 22.9 Å². The summed E-state index contributed by atoms with van der Waals surface area (Å²) in [5, 5.41) is 0. The molecule has 4 heteroatoms. The summed E-state index contributed by atoms with van der Waals surface area (Å²) in [4.78, 5) is 0. The Morgan fingerprint density at radius 2 is 1.67 bits per heavy atom. The Labute approximate surface area is 86.1 Å². The molecule has 2 N–H and O–H groups in total. The van der Waals surface area contributed by atoms with Crippen molar-refractivity contribution in [2.45, 2.75) is 25.8 Å². The van der Waals surface area contributed by atoms with Crippen LogP contribution in [0.3, 0.4) is 0 Å². The average molecular weight is 215 g/mol. The quantitative estimate of drug-likeness (QED) is 0.716. The van der Waals surface area contributed by atoms with Gasteiger partial charge in [0.2, 0.25) is 0 Å². The van der Waals surface area contributed by atoms with E-state index in [1.807, 2.05) is 13.8 Å². The van der Waals surface area contributed by atoms with Crippen LogP contribution in [-0.4, -0.2) is 6.04 Å². The van der Waals surface area contributed by atoms with Gasteiger partial charge in [0.05, 0.1) is 0 Å². The topological polar surface area (TPSA) is 26.0 Å². The molecule has 0 saturated heterocycles. The minimum absolute atomic E-state index is 0.173. The van der Waals surface area contributed by atoms with Gasteiger partial charge in [0.1, 0.15) is 0 Å². The van der Waals surface area contributed by atoms with Gasteiger partial charge >= 0.3 is 0 Å². The maximum atomic E-state index is 13.4. The highest BCUT2D eigenvalue weighted by atomic mass is 19.2. The Morgan fingerprint density at radius 3 is 2.13 bits per heavy atom. The van der Waals surface area contributed by atoms with Gasteiger partial charge < -0.3 is 5.73 Å². The van der Waals surface area contributed by atoms with Crippen molar-refractivity contribution in [1.82, 2.24) is 0 Å². The number of halogens is 3. The van der Waals surface area contributed by atoms with E-state index in [2.05, 4.69) is 0 Å². The van der Waals surface area contributed by atoms with Gasteiger partial charge in [0, 0.05) is 12.0 Å². The first-order valence-corrected chi connectivity index (χ1v) is 4.76. The molecule has 1 aromatic rings. The van der Waals surface area contributed by atoms with E-state index in [1.54, 1.807) is 0 Å². The first-order valence-electron chi connectivity index (χ1n) is 4.76. The van der Waals surface area contributed by atoms with Gasteiger partial charge in [-0.15, -0.1) is 0 Å². The fourth-order valence-electron chi connectivity index (χ4n) is 2.05. The highest BCUT2D eigenvalue weighted by Gasteiger charge is 2.57. The van der Waals surface area contributed by atoms with Crippen LogP contribution in [0.5, 0.6) is 0 Å². The monoisotopic (exact) mass is 215 g/mol. The van der Waals surface area contributed by atoms with Gasteiger partial charge in [-0.05, 0) is 17.0 Å². The summed E-state index contributed by atoms with van der Waals surface area (Å²) in [6, 6.07) is 2.01. The first kappa shape index (κ1) is 10.5. The number of hydrogen-bond donors (Lipinski definition) is 1. The molecular formula is C11H12F3N. The smallest absolute Gasteiger partial charge is 0.194 e. The third kappa shape index (κ3) is 1.35. The molecular weight excluding hydrogens is 203 g/mol. The third-order valence-electron chi connectivity index (χ3n) is 3.31. The molecule has 15 heavy (non-hydrogen) atoms. The van der Waals surface area contributed by atoms with Crippen molar-refractivity contribution < 1.29 is 13.2 Å². The van der Waals surface area contributed by atoms with Crippen LogP contribution in [0.1, 0.15) is 25.3 Å². The lowest BCUT2D eigenvalue weighted by Crippen LogP contribution is -2.06. The average Bonchev–Trinajstić information content (AvgIpc) is 2.64. The molecule has 1 fully saturated rings. The molecule has 0 heterocycles. The Hall–Kier alpha value is -1.03. The van der Waals surface area contributed by atoms with Gasteiger partial charge in [0.15, 0.2) is 17.5 Å². The molecule has 0 amide bonds. The lowest BCUT2D eigenvalue weighted by Gasteiger charge is -2.05. The molecule has 82 valence electrons. The Kier molecular flexibility index (Phi) is 2.08. The SMILES string of the molecule is CC1(C)C(N)C1c1ccc(F)c(F)c1F. The number of rotatable bonds is 1. The minimum Gasteiger partial charge on any atom is -0.327 e. The third-order valence-corrected chi connectivity index (χ3v) is 3.31. The van der Waals surface area contributed by atoms with Crippen LogP contribution in [0.25, 0.3) is 0 Å². The summed E-state index contributed by atoms with van der Waals surface area (Å²) in [5.41, 5.74) is 5.68. The molecule has 1 aliphatic rings. The van der Waals surface area contributed by atoms with Crippen LogP contribution in [0.15, 0.2) is 12.1 Å². The van der Waals surface area contributed by atoms with Crippen molar-refractivity contribution >= 4 is 0 Å². The zero-order chi connectivity index (χ0) is 11.4. The van der Waals surface area contributed by atoms with Crippen molar-refractivity contribution in [3.05, 3.63) is 35.1 Å². The summed E-state index contributed by atoms with van der Waals surface area (Å²) >= 11 is 0. The summed E-state index contributed by atoms with van der Waals surface area (Å²) in [6.07, 6.45) is 0. The molecule has 2 unspecified atom stereocenters. The van der Waals surface area contributed by atoms with Gasteiger partial charge in [-0.3, -0.25) is 0 Å². The summed E-state index contributed by atoms with van der Waals surface area (Å²) in [5.74, 6) is -3.92. The molecule has 1 aliphatic carbocycles. The molecule has 1 saturated carbocycles. The molecule has 2 rings (SSSR count). The minimum atomic E-state index is -1.41. The van der Waals surface area contributed by atoms with E-state index in [9.17, 15) is 13.2 Å². The highest BCUT2D eigenvalue weighted by molar-refractivity contribution is 5.35. The van der Waals surface area contributed by atoms with Gasteiger partial charge in [-0.25, -0.2) is 13.2 Å². The number of benzene rings is 1. The Balaban J connectivity index is 2.44. The lowest BCUT2D eigenvalue weighted by atomic mass is 10.0. The van der Waals surface area contributed by atoms with Crippen LogP contribution in [-0.2, 0) is 0 Å². The van der Waals surface area contributed by atoms with Crippen LogP contribution in [0.2, 0.25) is 0 Å². The van der Waals surface area contributed by atoms with Crippen molar-refractivity contribution in [3.8, 4) is 0 Å². The zero-order valence-electron chi connectivity index (χ0n) is 8.52. The molecule has 0 aromatic heterocycles. The fourth-order valence-corrected chi connectivity index (χ4v) is 2.05. The van der Waals surface area contributed by atoms with Gasteiger partial charge in [-0.1, -0.05) is 19.9 Å². The number of nitrogens with two attached hydrogens (primary N) is 1. The largest absolute Gasteiger partial charge is 0.327 e. The van der Waals surface area contributed by atoms with Crippen molar-refractivity contribution in [3.63, 3.8) is 0 Å². The van der Waals surface area contributed by atoms with E-state index in [4.69, 9.17) is 5.73 Å². The molecule has 0 radical (unpaired) electrons. The fraction of sp³-hybridized carbons (Fsp3) is 0.455. The van der Waals surface area contributed by atoms with E-state index >= 15 is 0 Å². The molecule has 0 bridgehead atoms. The summed E-state index contributed by atoms with van der Waals surface area (Å²) in [6.45, 7) is 3.76. The van der Waals surface area contributed by atoms with E-state index in [-0.39, 0.29) is 22.9 Å². The zero-order valence-corrected chi connectivity index (χ0v) is 8.52. The molecule has 1 nitrogen and oxygen atoms in total. The maximum absolute atomic E-state index is 13.4. The van der Waals surface area contributed by atoms with E-state index in [1.165, 1.54) is 6.07 Å². The molecule has 1 aromatic carbocycles. The first-order chi connectivity index (χ1) is 6.87. The van der Waals surface area contributed by atoms with Crippen LogP contribution >= 0.6 is 0 Å². The lowest BCUT2D eigenvalue weighted by molar-refractivity contribution is 0.438. The van der Waals surface area contributed by atoms with Gasteiger partial charge in [-0.2, -0.15) is 0 Å². The number of hydrogen-bond acceptors (Lipinski definition) is 1. The maximum Gasteiger partial charge on any atom is 0.194 e. The van der Waals surface area contributed by atoms with Crippen LogP contribution < -0.4 is 5.73 Å². The standard InChI is InChI=1S/C11H12F3N/c1-11(2)7(10(11)15)5-3-4-6(12)9(14)8(5)13/h3-4,7,10H,15H2,1-2H3. The molecule has 2 atom stereocenters.